The van der Waals surface area contributed by atoms with E-state index in [-0.39, 0.29) is 5.54 Å². The van der Waals surface area contributed by atoms with Gasteiger partial charge in [-0.2, -0.15) is 0 Å². The Hall–Kier alpha value is -0.880. The van der Waals surface area contributed by atoms with Crippen LogP contribution in [0.4, 0.5) is 5.95 Å². The third-order valence-electron chi connectivity index (χ3n) is 4.97. The Balaban J connectivity index is 1.89. The van der Waals surface area contributed by atoms with E-state index in [0.717, 1.165) is 30.4 Å². The number of aromatic amines is 1. The highest BCUT2D eigenvalue weighted by molar-refractivity contribution is 7.71. The SMILES string of the molecule is CN1CCN(c2n[nH]c(=S)n2C2CCCC2)CC1(C)C. The minimum absolute atomic E-state index is 0.173. The van der Waals surface area contributed by atoms with Gasteiger partial charge in [-0.1, -0.05) is 12.8 Å². The van der Waals surface area contributed by atoms with Gasteiger partial charge in [-0.25, -0.2) is 5.10 Å². The molecule has 2 aliphatic rings. The van der Waals surface area contributed by atoms with Crippen LogP contribution in [0.3, 0.4) is 0 Å². The lowest BCUT2D eigenvalue weighted by molar-refractivity contribution is 0.137. The second-order valence-electron chi connectivity index (χ2n) is 6.79. The zero-order valence-electron chi connectivity index (χ0n) is 12.7. The molecule has 2 heterocycles. The molecule has 0 atom stereocenters. The Morgan fingerprint density at radius 3 is 2.60 bits per heavy atom. The lowest BCUT2D eigenvalue weighted by Crippen LogP contribution is -2.58. The molecular weight excluding hydrogens is 270 g/mol. The average Bonchev–Trinajstić information content (AvgIpc) is 3.01. The van der Waals surface area contributed by atoms with E-state index in [2.05, 4.69) is 45.5 Å². The highest BCUT2D eigenvalue weighted by Crippen LogP contribution is 2.33. The van der Waals surface area contributed by atoms with Gasteiger partial charge in [-0.15, -0.1) is 5.10 Å². The van der Waals surface area contributed by atoms with Gasteiger partial charge in [0.2, 0.25) is 5.95 Å². The van der Waals surface area contributed by atoms with Gasteiger partial charge in [0.15, 0.2) is 4.77 Å². The summed E-state index contributed by atoms with van der Waals surface area (Å²) in [5, 5.41) is 7.54. The van der Waals surface area contributed by atoms with Crippen LogP contribution in [0.15, 0.2) is 0 Å². The zero-order valence-corrected chi connectivity index (χ0v) is 13.5. The first-order valence-electron chi connectivity index (χ1n) is 7.62. The van der Waals surface area contributed by atoms with E-state index in [1.54, 1.807) is 0 Å². The number of nitrogens with zero attached hydrogens (tertiary/aromatic N) is 4. The third kappa shape index (κ3) is 2.39. The number of piperazine rings is 1. The lowest BCUT2D eigenvalue weighted by Gasteiger charge is -2.45. The van der Waals surface area contributed by atoms with Gasteiger partial charge >= 0.3 is 0 Å². The summed E-state index contributed by atoms with van der Waals surface area (Å²) < 4.78 is 3.05. The Morgan fingerprint density at radius 2 is 1.95 bits per heavy atom. The van der Waals surface area contributed by atoms with E-state index in [1.165, 1.54) is 25.7 Å². The normalized spacial score (nSPS) is 24.4. The number of anilines is 1. The van der Waals surface area contributed by atoms with Crippen LogP contribution in [0.5, 0.6) is 0 Å². The van der Waals surface area contributed by atoms with E-state index in [0.29, 0.717) is 6.04 Å². The van der Waals surface area contributed by atoms with Crippen LogP contribution >= 0.6 is 12.2 Å². The van der Waals surface area contributed by atoms with Gasteiger partial charge in [0, 0.05) is 31.2 Å². The fourth-order valence-electron chi connectivity index (χ4n) is 3.42. The van der Waals surface area contributed by atoms with E-state index in [1.807, 2.05) is 0 Å². The number of aromatic nitrogens is 3. The fraction of sp³-hybridized carbons (Fsp3) is 0.857. The molecule has 1 saturated heterocycles. The Morgan fingerprint density at radius 1 is 1.25 bits per heavy atom. The van der Waals surface area contributed by atoms with Crippen molar-refractivity contribution in [2.24, 2.45) is 0 Å². The average molecular weight is 295 g/mol. The van der Waals surface area contributed by atoms with Crippen LogP contribution in [0.2, 0.25) is 0 Å². The highest BCUT2D eigenvalue weighted by Gasteiger charge is 2.34. The summed E-state index contributed by atoms with van der Waals surface area (Å²) in [6, 6.07) is 0.541. The van der Waals surface area contributed by atoms with Crippen LogP contribution in [0.25, 0.3) is 0 Å². The van der Waals surface area contributed by atoms with Crippen LogP contribution < -0.4 is 4.90 Å². The number of hydrogen-bond donors (Lipinski definition) is 1. The van der Waals surface area contributed by atoms with Gasteiger partial charge < -0.3 is 4.90 Å². The van der Waals surface area contributed by atoms with Crippen LogP contribution in [-0.4, -0.2) is 51.9 Å². The van der Waals surface area contributed by atoms with Gasteiger partial charge in [0.05, 0.1) is 0 Å². The molecular formula is C14H25N5S. The molecule has 1 N–H and O–H groups in total. The smallest absolute Gasteiger partial charge is 0.226 e. The first-order chi connectivity index (χ1) is 9.49. The summed E-state index contributed by atoms with van der Waals surface area (Å²) in [7, 11) is 2.20. The van der Waals surface area contributed by atoms with E-state index in [4.69, 9.17) is 12.2 Å². The van der Waals surface area contributed by atoms with Crippen molar-refractivity contribution in [3.63, 3.8) is 0 Å². The van der Waals surface area contributed by atoms with E-state index < -0.39 is 0 Å². The molecule has 1 aromatic rings. The number of nitrogens with one attached hydrogen (secondary N) is 1. The zero-order chi connectivity index (χ0) is 14.3. The van der Waals surface area contributed by atoms with Crippen molar-refractivity contribution in [3.8, 4) is 0 Å². The first-order valence-corrected chi connectivity index (χ1v) is 8.03. The maximum absolute atomic E-state index is 5.47. The molecule has 0 amide bonds. The predicted octanol–water partition coefficient (Wildman–Crippen LogP) is 2.59. The van der Waals surface area contributed by atoms with E-state index >= 15 is 0 Å². The van der Waals surface area contributed by atoms with Crippen molar-refractivity contribution in [1.82, 2.24) is 19.7 Å². The summed E-state index contributed by atoms with van der Waals surface area (Å²) in [5.41, 5.74) is 0.173. The largest absolute Gasteiger partial charge is 0.338 e. The molecule has 6 heteroatoms. The number of rotatable bonds is 2. The van der Waals surface area contributed by atoms with Crippen molar-refractivity contribution in [3.05, 3.63) is 4.77 Å². The number of likely N-dealkylation sites (N-methyl/N-ethyl adjacent to an activating group) is 1. The maximum atomic E-state index is 5.47. The summed E-state index contributed by atoms with van der Waals surface area (Å²) in [4.78, 5) is 4.81. The Bertz CT molecular complexity index is 526. The molecule has 0 radical (unpaired) electrons. The highest BCUT2D eigenvalue weighted by atomic mass is 32.1. The van der Waals surface area contributed by atoms with Gasteiger partial charge in [-0.3, -0.25) is 9.47 Å². The molecule has 2 fully saturated rings. The molecule has 0 bridgehead atoms. The third-order valence-corrected chi connectivity index (χ3v) is 5.26. The quantitative estimate of drug-likeness (QED) is 0.851. The molecule has 1 aromatic heterocycles. The minimum Gasteiger partial charge on any atom is -0.338 e. The van der Waals surface area contributed by atoms with Crippen LogP contribution in [-0.2, 0) is 0 Å². The van der Waals surface area contributed by atoms with Crippen molar-refractivity contribution in [2.75, 3.05) is 31.6 Å². The molecule has 3 rings (SSSR count). The van der Waals surface area contributed by atoms with Gasteiger partial charge in [0.25, 0.3) is 0 Å². The topological polar surface area (TPSA) is 40.1 Å². The molecule has 1 aliphatic heterocycles. The van der Waals surface area contributed by atoms with Gasteiger partial charge in [0.1, 0.15) is 0 Å². The number of hydrogen-bond acceptors (Lipinski definition) is 4. The van der Waals surface area contributed by atoms with Crippen molar-refractivity contribution in [2.45, 2.75) is 51.1 Å². The standard InChI is InChI=1S/C14H25N5S/c1-14(2)10-18(9-8-17(14)3)12-15-16-13(20)19(12)11-6-4-5-7-11/h11H,4-10H2,1-3H3,(H,16,20). The fourth-order valence-corrected chi connectivity index (χ4v) is 3.70. The second-order valence-corrected chi connectivity index (χ2v) is 7.18. The van der Waals surface area contributed by atoms with E-state index in [9.17, 15) is 0 Å². The van der Waals surface area contributed by atoms with Crippen molar-refractivity contribution in [1.29, 1.82) is 0 Å². The minimum atomic E-state index is 0.173. The molecule has 5 nitrogen and oxygen atoms in total. The Kier molecular flexibility index (Phi) is 3.62. The Labute approximate surface area is 126 Å². The molecule has 0 spiro atoms. The monoisotopic (exact) mass is 295 g/mol. The molecule has 20 heavy (non-hydrogen) atoms. The molecule has 0 aromatic carbocycles. The predicted molar refractivity (Wildman–Crippen MR) is 83.8 cm³/mol. The molecule has 1 aliphatic carbocycles. The molecule has 1 saturated carbocycles. The number of H-pyrrole nitrogens is 1. The molecule has 0 unspecified atom stereocenters. The summed E-state index contributed by atoms with van der Waals surface area (Å²) in [5.74, 6) is 1.04. The van der Waals surface area contributed by atoms with Crippen LogP contribution in [0.1, 0.15) is 45.6 Å². The van der Waals surface area contributed by atoms with Crippen LogP contribution in [0, 0.1) is 4.77 Å². The lowest BCUT2D eigenvalue weighted by atomic mass is 10.00. The van der Waals surface area contributed by atoms with Crippen molar-refractivity contribution < 1.29 is 0 Å². The first kappa shape index (κ1) is 14.1. The summed E-state index contributed by atoms with van der Waals surface area (Å²) in [6.07, 6.45) is 5.09. The van der Waals surface area contributed by atoms with Gasteiger partial charge in [-0.05, 0) is 46.0 Å². The van der Waals surface area contributed by atoms with Crippen molar-refractivity contribution >= 4 is 18.2 Å². The summed E-state index contributed by atoms with van der Waals surface area (Å²) >= 11 is 5.47. The molecule has 112 valence electrons. The summed E-state index contributed by atoms with van der Waals surface area (Å²) in [6.45, 7) is 7.67. The maximum Gasteiger partial charge on any atom is 0.226 e. The second kappa shape index (κ2) is 5.15.